The molecule has 1 amide bonds. The summed E-state index contributed by atoms with van der Waals surface area (Å²) in [5, 5.41) is 7.43. The number of benzene rings is 2. The van der Waals surface area contributed by atoms with Crippen LogP contribution in [0.4, 0.5) is 11.5 Å². The van der Waals surface area contributed by atoms with Gasteiger partial charge in [0.15, 0.2) is 5.82 Å². The summed E-state index contributed by atoms with van der Waals surface area (Å²) in [6, 6.07) is 17.4. The molecule has 0 aliphatic carbocycles. The number of nitrogens with one attached hydrogen (secondary N) is 1. The second-order valence-electron chi connectivity index (χ2n) is 7.65. The first-order valence-corrected chi connectivity index (χ1v) is 10.1. The molecule has 4 aromatic rings. The molecule has 7 heteroatoms. The van der Waals surface area contributed by atoms with Crippen molar-refractivity contribution >= 4 is 22.9 Å². The van der Waals surface area contributed by atoms with E-state index < -0.39 is 0 Å². The van der Waals surface area contributed by atoms with Gasteiger partial charge in [-0.15, -0.1) is 0 Å². The van der Waals surface area contributed by atoms with Crippen molar-refractivity contribution in [3.63, 3.8) is 0 Å². The quantitative estimate of drug-likeness (QED) is 0.483. The number of carbonyl (C=O) groups excluding carboxylic acids is 1. The molecular formula is C24H25N5O2. The van der Waals surface area contributed by atoms with Gasteiger partial charge >= 0.3 is 0 Å². The maximum absolute atomic E-state index is 13.6. The number of rotatable bonds is 6. The Morgan fingerprint density at radius 3 is 2.48 bits per heavy atom. The smallest absolute Gasteiger partial charge is 0.258 e. The zero-order valence-corrected chi connectivity index (χ0v) is 17.8. The van der Waals surface area contributed by atoms with E-state index in [0.29, 0.717) is 23.4 Å². The van der Waals surface area contributed by atoms with Gasteiger partial charge in [0.2, 0.25) is 0 Å². The van der Waals surface area contributed by atoms with E-state index in [-0.39, 0.29) is 17.6 Å². The van der Waals surface area contributed by atoms with Crippen molar-refractivity contribution in [1.29, 1.82) is 0 Å². The topological polar surface area (TPSA) is 94.5 Å². The number of ether oxygens (including phenoxy) is 1. The molecule has 0 unspecified atom stereocenters. The first-order chi connectivity index (χ1) is 15.0. The fourth-order valence-corrected chi connectivity index (χ4v) is 3.83. The van der Waals surface area contributed by atoms with Crippen molar-refractivity contribution in [3.8, 4) is 11.1 Å². The van der Waals surface area contributed by atoms with Gasteiger partial charge in [0.05, 0.1) is 17.9 Å². The lowest BCUT2D eigenvalue weighted by Crippen LogP contribution is -2.14. The van der Waals surface area contributed by atoms with Crippen molar-refractivity contribution in [1.82, 2.24) is 14.6 Å². The first kappa shape index (κ1) is 20.6. The Morgan fingerprint density at radius 2 is 1.84 bits per heavy atom. The fraction of sp³-hybridized carbons (Fsp3) is 0.208. The zero-order chi connectivity index (χ0) is 22.0. The van der Waals surface area contributed by atoms with Crippen molar-refractivity contribution in [2.24, 2.45) is 0 Å². The highest BCUT2D eigenvalue weighted by atomic mass is 16.5. The highest BCUT2D eigenvalue weighted by Crippen LogP contribution is 2.38. The van der Waals surface area contributed by atoms with Crippen LogP contribution in [0.25, 0.3) is 16.6 Å². The lowest BCUT2D eigenvalue weighted by Gasteiger charge is -2.11. The van der Waals surface area contributed by atoms with Gasteiger partial charge in [0, 0.05) is 18.4 Å². The van der Waals surface area contributed by atoms with Crippen molar-refractivity contribution in [2.75, 3.05) is 18.2 Å². The van der Waals surface area contributed by atoms with Crippen LogP contribution >= 0.6 is 0 Å². The second kappa shape index (κ2) is 8.57. The summed E-state index contributed by atoms with van der Waals surface area (Å²) in [6.45, 7) is 4.66. The van der Waals surface area contributed by atoms with Gasteiger partial charge in [-0.3, -0.25) is 4.79 Å². The fourth-order valence-electron chi connectivity index (χ4n) is 3.83. The van der Waals surface area contributed by atoms with E-state index in [1.54, 1.807) is 11.6 Å². The van der Waals surface area contributed by atoms with E-state index in [9.17, 15) is 4.79 Å². The van der Waals surface area contributed by atoms with Crippen LogP contribution in [-0.2, 0) is 11.3 Å². The summed E-state index contributed by atoms with van der Waals surface area (Å²) in [5.41, 5.74) is 11.6. The molecule has 31 heavy (non-hydrogen) atoms. The molecule has 0 saturated carbocycles. The number of amides is 1. The zero-order valence-electron chi connectivity index (χ0n) is 17.8. The minimum atomic E-state index is -0.260. The van der Waals surface area contributed by atoms with Crippen LogP contribution in [0.1, 0.15) is 41.4 Å². The predicted molar refractivity (Wildman–Crippen MR) is 122 cm³/mol. The molecule has 3 N–H and O–H groups in total. The van der Waals surface area contributed by atoms with Gasteiger partial charge in [0.25, 0.3) is 5.91 Å². The van der Waals surface area contributed by atoms with Gasteiger partial charge in [-0.2, -0.15) is 5.10 Å². The molecule has 0 aliphatic rings. The summed E-state index contributed by atoms with van der Waals surface area (Å²) >= 11 is 0. The maximum atomic E-state index is 13.6. The molecule has 158 valence electrons. The van der Waals surface area contributed by atoms with E-state index in [4.69, 9.17) is 10.5 Å². The molecule has 0 atom stereocenters. The van der Waals surface area contributed by atoms with Gasteiger partial charge in [-0.25, -0.2) is 9.50 Å². The highest BCUT2D eigenvalue weighted by molar-refractivity contribution is 6.16. The molecule has 0 saturated heterocycles. The summed E-state index contributed by atoms with van der Waals surface area (Å²) in [4.78, 5) is 17.7. The molecule has 7 nitrogen and oxygen atoms in total. The Hall–Kier alpha value is -3.71. The highest BCUT2D eigenvalue weighted by Gasteiger charge is 2.28. The van der Waals surface area contributed by atoms with E-state index >= 15 is 0 Å². The molecule has 0 radical (unpaired) electrons. The summed E-state index contributed by atoms with van der Waals surface area (Å²) in [5.74, 6) is 0.107. The number of hydrogen-bond acceptors (Lipinski definition) is 5. The first-order valence-electron chi connectivity index (χ1n) is 10.1. The summed E-state index contributed by atoms with van der Waals surface area (Å²) < 4.78 is 6.89. The van der Waals surface area contributed by atoms with Crippen molar-refractivity contribution in [2.45, 2.75) is 26.4 Å². The molecule has 0 spiro atoms. The number of nitrogens with two attached hydrogens (primary N) is 1. The van der Waals surface area contributed by atoms with Gasteiger partial charge in [-0.1, -0.05) is 56.3 Å². The standard InChI is InChI=1S/C24H25N5O2/c1-15(2)21-19(17-7-5-4-6-8-17)20(22-23(25)26-14-27-29(21)22)24(30)28-18-11-9-16(10-12-18)13-31-3/h4-12,14-15H,13H2,1-3H3,(H,28,30)(H2,25,26,27). The molecule has 2 aromatic carbocycles. The Kier molecular flexibility index (Phi) is 5.68. The van der Waals surface area contributed by atoms with Crippen LogP contribution < -0.4 is 11.1 Å². The SMILES string of the molecule is COCc1ccc(NC(=O)c2c(-c3ccccc3)c(C(C)C)n3ncnc(N)c23)cc1. The summed E-state index contributed by atoms with van der Waals surface area (Å²) in [7, 11) is 1.65. The van der Waals surface area contributed by atoms with Crippen LogP contribution in [0.3, 0.4) is 0 Å². The number of anilines is 2. The third kappa shape index (κ3) is 3.87. The number of nitrogens with zero attached hydrogens (tertiary/aromatic N) is 3. The van der Waals surface area contributed by atoms with Crippen molar-refractivity contribution in [3.05, 3.63) is 77.7 Å². The Balaban J connectivity index is 1.88. The molecule has 2 aromatic heterocycles. The molecular weight excluding hydrogens is 390 g/mol. The third-order valence-electron chi connectivity index (χ3n) is 5.15. The van der Waals surface area contributed by atoms with Gasteiger partial charge in [-0.05, 0) is 29.2 Å². The third-order valence-corrected chi connectivity index (χ3v) is 5.15. The minimum absolute atomic E-state index is 0.104. The molecule has 2 heterocycles. The van der Waals surface area contributed by atoms with Crippen LogP contribution in [0, 0.1) is 0 Å². The number of methoxy groups -OCH3 is 1. The number of hydrogen-bond donors (Lipinski definition) is 2. The summed E-state index contributed by atoms with van der Waals surface area (Å²) in [6.07, 6.45) is 1.42. The maximum Gasteiger partial charge on any atom is 0.258 e. The Bertz CT molecular complexity index is 1210. The minimum Gasteiger partial charge on any atom is -0.382 e. The molecule has 0 fully saturated rings. The molecule has 4 rings (SSSR count). The monoisotopic (exact) mass is 415 g/mol. The van der Waals surface area contributed by atoms with Gasteiger partial charge < -0.3 is 15.8 Å². The van der Waals surface area contributed by atoms with Crippen LogP contribution in [0.2, 0.25) is 0 Å². The average molecular weight is 415 g/mol. The van der Waals surface area contributed by atoms with Crippen LogP contribution in [0.5, 0.6) is 0 Å². The predicted octanol–water partition coefficient (Wildman–Crippen LogP) is 4.50. The largest absolute Gasteiger partial charge is 0.382 e. The Labute approximate surface area is 180 Å². The van der Waals surface area contributed by atoms with Crippen LogP contribution in [0.15, 0.2) is 60.9 Å². The normalized spacial score (nSPS) is 11.2. The molecule has 0 aliphatic heterocycles. The lowest BCUT2D eigenvalue weighted by atomic mass is 9.95. The number of aromatic nitrogens is 3. The Morgan fingerprint density at radius 1 is 1.13 bits per heavy atom. The van der Waals surface area contributed by atoms with E-state index in [1.165, 1.54) is 6.33 Å². The lowest BCUT2D eigenvalue weighted by molar-refractivity contribution is 0.102. The second-order valence-corrected chi connectivity index (χ2v) is 7.65. The van der Waals surface area contributed by atoms with E-state index in [2.05, 4.69) is 29.2 Å². The van der Waals surface area contributed by atoms with E-state index in [0.717, 1.165) is 22.4 Å². The number of carbonyl (C=O) groups is 1. The number of nitrogen functional groups attached to an aromatic ring is 1. The van der Waals surface area contributed by atoms with E-state index in [1.807, 2.05) is 54.6 Å². The van der Waals surface area contributed by atoms with Crippen molar-refractivity contribution < 1.29 is 9.53 Å². The van der Waals surface area contributed by atoms with Gasteiger partial charge in [0.1, 0.15) is 11.8 Å². The molecule has 0 bridgehead atoms. The average Bonchev–Trinajstić information content (AvgIpc) is 3.13. The van der Waals surface area contributed by atoms with Crippen LogP contribution in [-0.4, -0.2) is 27.6 Å². The number of fused-ring (bicyclic) bond motifs is 1.